The van der Waals surface area contributed by atoms with Crippen molar-refractivity contribution in [3.63, 3.8) is 0 Å². The second-order valence-corrected chi connectivity index (χ2v) is 6.46. The van der Waals surface area contributed by atoms with E-state index in [4.69, 9.17) is 4.74 Å². The average molecular weight is 338 g/mol. The molecule has 1 fully saturated rings. The fourth-order valence-corrected chi connectivity index (χ4v) is 3.45. The second kappa shape index (κ2) is 7.16. The van der Waals surface area contributed by atoms with Crippen molar-refractivity contribution < 1.29 is 4.74 Å². The number of aryl methyl sites for hydroxylation is 1. The zero-order chi connectivity index (χ0) is 17.1. The highest BCUT2D eigenvalue weighted by Crippen LogP contribution is 2.33. The number of H-pyrrole nitrogens is 1. The van der Waals surface area contributed by atoms with Crippen molar-refractivity contribution in [2.45, 2.75) is 26.0 Å². The summed E-state index contributed by atoms with van der Waals surface area (Å²) < 4.78 is 7.66. The number of aromatic nitrogens is 5. The van der Waals surface area contributed by atoms with Crippen LogP contribution in [0.15, 0.2) is 43.2 Å². The van der Waals surface area contributed by atoms with Crippen LogP contribution in [0.2, 0.25) is 0 Å². The molecule has 130 valence electrons. The largest absolute Gasteiger partial charge is 0.373 e. The number of rotatable bonds is 6. The van der Waals surface area contributed by atoms with Crippen LogP contribution in [0, 0.1) is 12.8 Å². The molecule has 1 aromatic carbocycles. The van der Waals surface area contributed by atoms with Crippen LogP contribution in [-0.2, 0) is 11.3 Å². The Morgan fingerprint density at radius 1 is 1.40 bits per heavy atom. The lowest BCUT2D eigenvalue weighted by Gasteiger charge is -2.18. The molecule has 0 amide bonds. The fraction of sp³-hybridized carbons (Fsp3) is 0.389. The first-order valence-electron chi connectivity index (χ1n) is 8.57. The van der Waals surface area contributed by atoms with E-state index in [1.807, 2.05) is 12.4 Å². The Kier molecular flexibility index (Phi) is 4.58. The van der Waals surface area contributed by atoms with Gasteiger partial charge in [-0.15, -0.1) is 0 Å². The molecule has 7 heteroatoms. The van der Waals surface area contributed by atoms with Crippen LogP contribution < -0.4 is 5.32 Å². The van der Waals surface area contributed by atoms with Gasteiger partial charge in [-0.1, -0.05) is 12.1 Å². The Morgan fingerprint density at radius 2 is 2.36 bits per heavy atom. The molecule has 0 saturated carbocycles. The molecule has 0 radical (unpaired) electrons. The molecule has 1 aliphatic rings. The van der Waals surface area contributed by atoms with Gasteiger partial charge < -0.3 is 10.1 Å². The van der Waals surface area contributed by atoms with Gasteiger partial charge in [0, 0.05) is 37.4 Å². The highest BCUT2D eigenvalue weighted by molar-refractivity contribution is 5.41. The standard InChI is InChI=1S/C18H22N6O/c1-13-6-14(2-3-17(13)24-12-20-11-23-24)7-19-8-15-4-5-25-18(15)16-9-21-22-10-16/h2-3,6,9-12,15,18-19H,4-5,7-8H2,1H3,(H,21,22)/t15-,18+/m1/s1. The van der Waals surface area contributed by atoms with Gasteiger partial charge in [-0.3, -0.25) is 5.10 Å². The monoisotopic (exact) mass is 338 g/mol. The molecule has 0 aliphatic carbocycles. The Labute approximate surface area is 146 Å². The maximum absolute atomic E-state index is 5.87. The highest BCUT2D eigenvalue weighted by Gasteiger charge is 2.29. The molecule has 0 spiro atoms. The van der Waals surface area contributed by atoms with Crippen molar-refractivity contribution in [3.8, 4) is 5.69 Å². The van der Waals surface area contributed by atoms with E-state index in [0.717, 1.165) is 37.4 Å². The van der Waals surface area contributed by atoms with E-state index in [2.05, 4.69) is 50.7 Å². The third kappa shape index (κ3) is 3.47. The summed E-state index contributed by atoms with van der Waals surface area (Å²) in [6.07, 6.45) is 8.27. The summed E-state index contributed by atoms with van der Waals surface area (Å²) in [5.74, 6) is 0.480. The van der Waals surface area contributed by atoms with Crippen LogP contribution in [0.3, 0.4) is 0 Å². The predicted molar refractivity (Wildman–Crippen MR) is 93.2 cm³/mol. The van der Waals surface area contributed by atoms with E-state index in [9.17, 15) is 0 Å². The third-order valence-corrected chi connectivity index (χ3v) is 4.72. The van der Waals surface area contributed by atoms with Gasteiger partial charge in [-0.05, 0) is 30.5 Å². The van der Waals surface area contributed by atoms with Crippen molar-refractivity contribution in [3.05, 3.63) is 59.9 Å². The van der Waals surface area contributed by atoms with Crippen LogP contribution >= 0.6 is 0 Å². The Bertz CT molecular complexity index is 799. The van der Waals surface area contributed by atoms with Gasteiger partial charge in [0.25, 0.3) is 0 Å². The van der Waals surface area contributed by atoms with Crippen LogP contribution in [0.4, 0.5) is 0 Å². The molecule has 0 unspecified atom stereocenters. The Hall–Kier alpha value is -2.51. The van der Waals surface area contributed by atoms with Crippen molar-refractivity contribution >= 4 is 0 Å². The summed E-state index contributed by atoms with van der Waals surface area (Å²) in [6, 6.07) is 6.42. The van der Waals surface area contributed by atoms with Gasteiger partial charge in [0.05, 0.1) is 18.0 Å². The highest BCUT2D eigenvalue weighted by atomic mass is 16.5. The molecule has 2 N–H and O–H groups in total. The van der Waals surface area contributed by atoms with Gasteiger partial charge in [-0.2, -0.15) is 10.2 Å². The van der Waals surface area contributed by atoms with Gasteiger partial charge in [-0.25, -0.2) is 9.67 Å². The topological polar surface area (TPSA) is 80.6 Å². The van der Waals surface area contributed by atoms with Crippen molar-refractivity contribution in [1.29, 1.82) is 0 Å². The lowest BCUT2D eigenvalue weighted by Crippen LogP contribution is -2.24. The van der Waals surface area contributed by atoms with Gasteiger partial charge in [0.2, 0.25) is 0 Å². The second-order valence-electron chi connectivity index (χ2n) is 6.46. The normalized spacial score (nSPS) is 20.2. The Balaban J connectivity index is 1.35. The molecule has 7 nitrogen and oxygen atoms in total. The molecule has 25 heavy (non-hydrogen) atoms. The van der Waals surface area contributed by atoms with Crippen LogP contribution in [0.5, 0.6) is 0 Å². The van der Waals surface area contributed by atoms with Gasteiger partial charge in [0.15, 0.2) is 0 Å². The van der Waals surface area contributed by atoms with Crippen LogP contribution in [0.25, 0.3) is 5.69 Å². The van der Waals surface area contributed by atoms with Crippen molar-refractivity contribution in [2.24, 2.45) is 5.92 Å². The summed E-state index contributed by atoms with van der Waals surface area (Å²) in [5, 5.41) is 14.7. The number of hydrogen-bond donors (Lipinski definition) is 2. The lowest BCUT2D eigenvalue weighted by molar-refractivity contribution is 0.0905. The summed E-state index contributed by atoms with van der Waals surface area (Å²) in [4.78, 5) is 4.00. The van der Waals surface area contributed by atoms with Crippen molar-refractivity contribution in [2.75, 3.05) is 13.2 Å². The minimum Gasteiger partial charge on any atom is -0.373 e. The smallest absolute Gasteiger partial charge is 0.138 e. The molecule has 0 bridgehead atoms. The number of hydrogen-bond acceptors (Lipinski definition) is 5. The number of nitrogens with zero attached hydrogens (tertiary/aromatic N) is 4. The number of benzene rings is 1. The van der Waals surface area contributed by atoms with Crippen LogP contribution in [-0.4, -0.2) is 38.1 Å². The van der Waals surface area contributed by atoms with E-state index in [1.54, 1.807) is 17.3 Å². The van der Waals surface area contributed by atoms with E-state index in [0.29, 0.717) is 5.92 Å². The van der Waals surface area contributed by atoms with E-state index in [-0.39, 0.29) is 6.10 Å². The molecule has 4 rings (SSSR count). The average Bonchev–Trinajstić information content (AvgIpc) is 3.37. The quantitative estimate of drug-likeness (QED) is 0.720. The summed E-state index contributed by atoms with van der Waals surface area (Å²) in [6.45, 7) is 4.68. The lowest BCUT2D eigenvalue weighted by atomic mass is 9.97. The molecule has 2 atom stereocenters. The zero-order valence-electron chi connectivity index (χ0n) is 14.2. The van der Waals surface area contributed by atoms with E-state index in [1.165, 1.54) is 11.1 Å². The number of aromatic amines is 1. The summed E-state index contributed by atoms with van der Waals surface area (Å²) in [7, 11) is 0. The maximum Gasteiger partial charge on any atom is 0.138 e. The number of ether oxygens (including phenoxy) is 1. The Morgan fingerprint density at radius 3 is 3.12 bits per heavy atom. The molecular weight excluding hydrogens is 316 g/mol. The first-order chi connectivity index (χ1) is 12.3. The molecule has 3 aromatic rings. The molecule has 2 aromatic heterocycles. The fourth-order valence-electron chi connectivity index (χ4n) is 3.45. The SMILES string of the molecule is Cc1cc(CNC[C@H]2CCO[C@@H]2c2cn[nH]c2)ccc1-n1cncn1. The third-order valence-electron chi connectivity index (χ3n) is 4.72. The first kappa shape index (κ1) is 16.0. The zero-order valence-corrected chi connectivity index (χ0v) is 14.2. The predicted octanol–water partition coefficient (Wildman–Crippen LogP) is 2.17. The molecule has 1 aliphatic heterocycles. The van der Waals surface area contributed by atoms with E-state index < -0.39 is 0 Å². The van der Waals surface area contributed by atoms with Crippen LogP contribution in [0.1, 0.15) is 29.2 Å². The first-order valence-corrected chi connectivity index (χ1v) is 8.57. The minimum atomic E-state index is 0.141. The molecular formula is C18H22N6O. The van der Waals surface area contributed by atoms with Gasteiger partial charge >= 0.3 is 0 Å². The summed E-state index contributed by atoms with van der Waals surface area (Å²) in [5.41, 5.74) is 4.65. The van der Waals surface area contributed by atoms with Gasteiger partial charge in [0.1, 0.15) is 12.7 Å². The maximum atomic E-state index is 5.87. The molecule has 3 heterocycles. The van der Waals surface area contributed by atoms with Crippen molar-refractivity contribution in [1.82, 2.24) is 30.3 Å². The molecule has 1 saturated heterocycles. The number of nitrogens with one attached hydrogen (secondary N) is 2. The summed E-state index contributed by atoms with van der Waals surface area (Å²) >= 11 is 0. The van der Waals surface area contributed by atoms with E-state index >= 15 is 0 Å². The minimum absolute atomic E-state index is 0.141.